The lowest BCUT2D eigenvalue weighted by atomic mass is 9.81. The van der Waals surface area contributed by atoms with Crippen LogP contribution < -0.4 is 10.0 Å². The van der Waals surface area contributed by atoms with Crippen LogP contribution in [0.4, 0.5) is 5.82 Å². The maximum absolute atomic E-state index is 12.4. The molecule has 0 radical (unpaired) electrons. The van der Waals surface area contributed by atoms with E-state index >= 15 is 0 Å². The number of nitrogens with one attached hydrogen (secondary N) is 2. The van der Waals surface area contributed by atoms with E-state index in [-0.39, 0.29) is 4.90 Å². The van der Waals surface area contributed by atoms with Gasteiger partial charge in [-0.25, -0.2) is 18.1 Å². The summed E-state index contributed by atoms with van der Waals surface area (Å²) in [5, 5.41) is 3.03. The average Bonchev–Trinajstić information content (AvgIpc) is 2.47. The molecule has 5 nitrogen and oxygen atoms in total. The second kappa shape index (κ2) is 7.22. The molecular weight excluding hydrogens is 286 g/mol. The van der Waals surface area contributed by atoms with Gasteiger partial charge < -0.3 is 5.32 Å². The van der Waals surface area contributed by atoms with Crippen molar-refractivity contribution in [3.8, 4) is 0 Å². The first-order valence-corrected chi connectivity index (χ1v) is 9.21. The Labute approximate surface area is 127 Å². The predicted octanol–water partition coefficient (Wildman–Crippen LogP) is 2.62. The molecule has 0 bridgehead atoms. The second-order valence-corrected chi connectivity index (χ2v) is 7.55. The molecule has 2 rings (SSSR count). The fourth-order valence-electron chi connectivity index (χ4n) is 2.85. The van der Waals surface area contributed by atoms with E-state index < -0.39 is 10.0 Å². The van der Waals surface area contributed by atoms with Gasteiger partial charge in [-0.15, -0.1) is 0 Å². The smallest absolute Gasteiger partial charge is 0.240 e. The van der Waals surface area contributed by atoms with Gasteiger partial charge in [-0.2, -0.15) is 0 Å². The minimum atomic E-state index is -3.45. The van der Waals surface area contributed by atoms with Crippen LogP contribution in [0, 0.1) is 11.8 Å². The van der Waals surface area contributed by atoms with Crippen LogP contribution in [0.25, 0.3) is 0 Å². The van der Waals surface area contributed by atoms with Crippen LogP contribution in [0.15, 0.2) is 23.2 Å². The van der Waals surface area contributed by atoms with Gasteiger partial charge in [-0.3, -0.25) is 0 Å². The molecule has 1 aromatic rings. The maximum Gasteiger partial charge on any atom is 0.240 e. The van der Waals surface area contributed by atoms with E-state index in [0.717, 1.165) is 6.42 Å². The Morgan fingerprint density at radius 1 is 1.33 bits per heavy atom. The van der Waals surface area contributed by atoms with Crippen LogP contribution in [0.1, 0.15) is 39.5 Å². The molecule has 1 fully saturated rings. The van der Waals surface area contributed by atoms with Gasteiger partial charge in [0.25, 0.3) is 0 Å². The monoisotopic (exact) mass is 311 g/mol. The van der Waals surface area contributed by atoms with Crippen molar-refractivity contribution >= 4 is 15.8 Å². The van der Waals surface area contributed by atoms with Gasteiger partial charge in [0.2, 0.25) is 10.0 Å². The fourth-order valence-corrected chi connectivity index (χ4v) is 3.96. The van der Waals surface area contributed by atoms with E-state index in [1.165, 1.54) is 31.5 Å². The summed E-state index contributed by atoms with van der Waals surface area (Å²) in [5.41, 5.74) is 0. The number of sulfonamides is 1. The molecule has 6 heteroatoms. The third-order valence-corrected chi connectivity index (χ3v) is 5.65. The van der Waals surface area contributed by atoms with Gasteiger partial charge in [0, 0.05) is 25.4 Å². The van der Waals surface area contributed by atoms with Gasteiger partial charge >= 0.3 is 0 Å². The summed E-state index contributed by atoms with van der Waals surface area (Å²) >= 11 is 0. The van der Waals surface area contributed by atoms with Crippen molar-refractivity contribution in [1.29, 1.82) is 0 Å². The van der Waals surface area contributed by atoms with Gasteiger partial charge in [-0.05, 0) is 31.2 Å². The Hall–Kier alpha value is -1.14. The Bertz CT molecular complexity index is 560. The predicted molar refractivity (Wildman–Crippen MR) is 84.7 cm³/mol. The Morgan fingerprint density at radius 2 is 2.10 bits per heavy atom. The molecule has 0 spiro atoms. The summed E-state index contributed by atoms with van der Waals surface area (Å²) in [4.78, 5) is 4.38. The van der Waals surface area contributed by atoms with Gasteiger partial charge in [-0.1, -0.05) is 26.2 Å². The SMILES string of the molecule is CCNc1cc(S(=O)(=O)NCC2CCCCC2C)ccn1. The van der Waals surface area contributed by atoms with Crippen molar-refractivity contribution in [2.24, 2.45) is 11.8 Å². The van der Waals surface area contributed by atoms with Crippen molar-refractivity contribution in [3.63, 3.8) is 0 Å². The van der Waals surface area contributed by atoms with E-state index in [0.29, 0.717) is 30.7 Å². The fraction of sp³-hybridized carbons (Fsp3) is 0.667. The lowest BCUT2D eigenvalue weighted by Crippen LogP contribution is -2.33. The number of rotatable bonds is 6. The minimum absolute atomic E-state index is 0.275. The maximum atomic E-state index is 12.4. The zero-order valence-electron chi connectivity index (χ0n) is 12.8. The molecule has 1 aliphatic carbocycles. The van der Waals surface area contributed by atoms with Crippen LogP contribution >= 0.6 is 0 Å². The van der Waals surface area contributed by atoms with Crippen molar-refractivity contribution in [2.45, 2.75) is 44.4 Å². The summed E-state index contributed by atoms with van der Waals surface area (Å²) in [5.74, 6) is 1.63. The summed E-state index contributed by atoms with van der Waals surface area (Å²) in [6.07, 6.45) is 6.31. The first-order chi connectivity index (χ1) is 10.0. The van der Waals surface area contributed by atoms with E-state index in [4.69, 9.17) is 0 Å². The Kier molecular flexibility index (Phi) is 5.58. The zero-order chi connectivity index (χ0) is 15.3. The molecule has 1 aromatic heterocycles. The topological polar surface area (TPSA) is 71.1 Å². The standard InChI is InChI=1S/C15H25N3O2S/c1-3-16-15-10-14(8-9-17-15)21(19,20)18-11-13-7-5-4-6-12(13)2/h8-10,12-13,18H,3-7,11H2,1-2H3,(H,16,17). The molecular formula is C15H25N3O2S. The normalized spacial score (nSPS) is 23.0. The number of aromatic nitrogens is 1. The molecule has 118 valence electrons. The van der Waals surface area contributed by atoms with E-state index in [1.54, 1.807) is 6.07 Å². The molecule has 0 saturated heterocycles. The molecule has 0 aliphatic heterocycles. The molecule has 0 aromatic carbocycles. The number of anilines is 1. The van der Waals surface area contributed by atoms with Crippen LogP contribution in [-0.2, 0) is 10.0 Å². The highest BCUT2D eigenvalue weighted by Gasteiger charge is 2.23. The summed E-state index contributed by atoms with van der Waals surface area (Å²) in [7, 11) is -3.45. The van der Waals surface area contributed by atoms with Crippen molar-refractivity contribution in [2.75, 3.05) is 18.4 Å². The third kappa shape index (κ3) is 4.41. The zero-order valence-corrected chi connectivity index (χ0v) is 13.6. The molecule has 2 unspecified atom stereocenters. The van der Waals surface area contributed by atoms with Gasteiger partial charge in [0.05, 0.1) is 4.90 Å². The van der Waals surface area contributed by atoms with E-state index in [2.05, 4.69) is 21.9 Å². The van der Waals surface area contributed by atoms with Gasteiger partial charge in [0.1, 0.15) is 5.82 Å². The van der Waals surface area contributed by atoms with Crippen molar-refractivity contribution in [1.82, 2.24) is 9.71 Å². The lowest BCUT2D eigenvalue weighted by molar-refractivity contribution is 0.257. The van der Waals surface area contributed by atoms with Crippen LogP contribution in [0.3, 0.4) is 0 Å². The largest absolute Gasteiger partial charge is 0.370 e. The van der Waals surface area contributed by atoms with Crippen LogP contribution in [-0.4, -0.2) is 26.5 Å². The highest BCUT2D eigenvalue weighted by Crippen LogP contribution is 2.29. The molecule has 1 heterocycles. The molecule has 1 aliphatic rings. The molecule has 2 N–H and O–H groups in total. The third-order valence-electron chi connectivity index (χ3n) is 4.22. The van der Waals surface area contributed by atoms with Gasteiger partial charge in [0.15, 0.2) is 0 Å². The minimum Gasteiger partial charge on any atom is -0.370 e. The first-order valence-electron chi connectivity index (χ1n) is 7.72. The van der Waals surface area contributed by atoms with Crippen LogP contribution in [0.5, 0.6) is 0 Å². The molecule has 1 saturated carbocycles. The van der Waals surface area contributed by atoms with Crippen LogP contribution in [0.2, 0.25) is 0 Å². The van der Waals surface area contributed by atoms with E-state index in [9.17, 15) is 8.42 Å². The van der Waals surface area contributed by atoms with Crippen molar-refractivity contribution < 1.29 is 8.42 Å². The quantitative estimate of drug-likeness (QED) is 0.847. The molecule has 0 amide bonds. The number of pyridine rings is 1. The summed E-state index contributed by atoms with van der Waals surface area (Å²) in [6.45, 7) is 5.41. The Balaban J connectivity index is 2.02. The highest BCUT2D eigenvalue weighted by molar-refractivity contribution is 7.89. The van der Waals surface area contributed by atoms with E-state index in [1.807, 2.05) is 6.92 Å². The number of nitrogens with zero attached hydrogens (tertiary/aromatic N) is 1. The molecule has 2 atom stereocenters. The summed E-state index contributed by atoms with van der Waals surface area (Å²) < 4.78 is 27.5. The lowest BCUT2D eigenvalue weighted by Gasteiger charge is -2.28. The molecule has 21 heavy (non-hydrogen) atoms. The number of hydrogen-bond donors (Lipinski definition) is 2. The summed E-state index contributed by atoms with van der Waals surface area (Å²) in [6, 6.07) is 3.11. The first kappa shape index (κ1) is 16.2. The Morgan fingerprint density at radius 3 is 2.81 bits per heavy atom. The van der Waals surface area contributed by atoms with Crippen molar-refractivity contribution in [3.05, 3.63) is 18.3 Å². The number of hydrogen-bond acceptors (Lipinski definition) is 4. The second-order valence-electron chi connectivity index (χ2n) is 5.78. The highest BCUT2D eigenvalue weighted by atomic mass is 32.2. The average molecular weight is 311 g/mol.